The molecular weight excluding hydrogens is 374 g/mol. The molecule has 1 aromatic heterocycles. The van der Waals surface area contributed by atoms with Gasteiger partial charge in [-0.2, -0.15) is 0 Å². The normalized spacial score (nSPS) is 15.3. The number of pyridine rings is 1. The molecule has 5 nitrogen and oxygen atoms in total. The van der Waals surface area contributed by atoms with Gasteiger partial charge in [0.2, 0.25) is 0 Å². The lowest BCUT2D eigenvalue weighted by atomic mass is 10.0. The second-order valence-electron chi connectivity index (χ2n) is 8.07. The van der Waals surface area contributed by atoms with Gasteiger partial charge in [0.05, 0.1) is 24.2 Å². The molecule has 2 heterocycles. The van der Waals surface area contributed by atoms with Crippen LogP contribution in [0.2, 0.25) is 0 Å². The summed E-state index contributed by atoms with van der Waals surface area (Å²) in [5, 5.41) is 4.11. The zero-order valence-corrected chi connectivity index (χ0v) is 17.9. The van der Waals surface area contributed by atoms with Crippen molar-refractivity contribution in [2.75, 3.05) is 26.7 Å². The van der Waals surface area contributed by atoms with Crippen molar-refractivity contribution >= 4 is 16.8 Å². The van der Waals surface area contributed by atoms with Crippen LogP contribution in [-0.2, 0) is 0 Å². The Morgan fingerprint density at radius 2 is 1.83 bits per heavy atom. The summed E-state index contributed by atoms with van der Waals surface area (Å²) < 4.78 is 5.30. The fourth-order valence-corrected chi connectivity index (χ4v) is 4.28. The fraction of sp³-hybridized carbons (Fsp3) is 0.360. The van der Waals surface area contributed by atoms with Gasteiger partial charge in [0, 0.05) is 17.6 Å². The number of fused-ring (bicyclic) bond motifs is 1. The van der Waals surface area contributed by atoms with Crippen molar-refractivity contribution < 1.29 is 9.53 Å². The highest BCUT2D eigenvalue weighted by atomic mass is 16.5. The zero-order valence-electron chi connectivity index (χ0n) is 17.9. The third kappa shape index (κ3) is 4.31. The van der Waals surface area contributed by atoms with E-state index in [0.717, 1.165) is 41.0 Å². The van der Waals surface area contributed by atoms with Crippen LogP contribution in [0.4, 0.5) is 0 Å². The molecule has 1 unspecified atom stereocenters. The van der Waals surface area contributed by atoms with Gasteiger partial charge in [-0.1, -0.05) is 23.8 Å². The van der Waals surface area contributed by atoms with Crippen LogP contribution in [0, 0.1) is 13.8 Å². The molecule has 1 saturated heterocycles. The van der Waals surface area contributed by atoms with Crippen LogP contribution in [0.25, 0.3) is 10.9 Å². The lowest BCUT2D eigenvalue weighted by Crippen LogP contribution is -2.37. The minimum atomic E-state index is -0.0474. The molecule has 30 heavy (non-hydrogen) atoms. The molecule has 1 amide bonds. The van der Waals surface area contributed by atoms with Crippen molar-refractivity contribution in [3.63, 3.8) is 0 Å². The van der Waals surface area contributed by atoms with E-state index in [1.54, 1.807) is 7.11 Å². The number of methoxy groups -OCH3 is 1. The smallest absolute Gasteiger partial charge is 0.252 e. The molecule has 1 N–H and O–H groups in total. The van der Waals surface area contributed by atoms with Crippen molar-refractivity contribution in [1.29, 1.82) is 0 Å². The zero-order chi connectivity index (χ0) is 21.1. The fourth-order valence-electron chi connectivity index (χ4n) is 4.28. The number of hydrogen-bond acceptors (Lipinski definition) is 4. The predicted molar refractivity (Wildman–Crippen MR) is 120 cm³/mol. The molecule has 4 rings (SSSR count). The maximum atomic E-state index is 13.2. The topological polar surface area (TPSA) is 54.5 Å². The van der Waals surface area contributed by atoms with Gasteiger partial charge in [0.15, 0.2) is 0 Å². The Hall–Kier alpha value is -2.92. The van der Waals surface area contributed by atoms with Crippen LogP contribution in [0.3, 0.4) is 0 Å². The maximum absolute atomic E-state index is 13.2. The van der Waals surface area contributed by atoms with Crippen LogP contribution < -0.4 is 10.1 Å². The van der Waals surface area contributed by atoms with Crippen molar-refractivity contribution in [2.45, 2.75) is 32.7 Å². The molecule has 0 aliphatic carbocycles. The summed E-state index contributed by atoms with van der Waals surface area (Å²) >= 11 is 0. The second-order valence-corrected chi connectivity index (χ2v) is 8.07. The van der Waals surface area contributed by atoms with E-state index in [1.807, 2.05) is 50.2 Å². The Bertz CT molecular complexity index is 1040. The molecule has 1 aliphatic heterocycles. The number of carbonyl (C=O) groups is 1. The van der Waals surface area contributed by atoms with E-state index in [2.05, 4.69) is 27.3 Å². The van der Waals surface area contributed by atoms with E-state index in [0.29, 0.717) is 12.1 Å². The van der Waals surface area contributed by atoms with Gasteiger partial charge in [-0.25, -0.2) is 0 Å². The Morgan fingerprint density at radius 3 is 2.53 bits per heavy atom. The van der Waals surface area contributed by atoms with Crippen molar-refractivity contribution in [3.05, 3.63) is 70.9 Å². The minimum absolute atomic E-state index is 0.0474. The molecule has 0 bridgehead atoms. The molecule has 2 aromatic carbocycles. The molecule has 1 fully saturated rings. The Balaban J connectivity index is 1.58. The van der Waals surface area contributed by atoms with Gasteiger partial charge in [-0.3, -0.25) is 14.7 Å². The summed E-state index contributed by atoms with van der Waals surface area (Å²) in [5.74, 6) is 0.797. The average molecular weight is 404 g/mol. The molecule has 156 valence electrons. The number of carbonyl (C=O) groups excluding carboxylic acids is 1. The number of hydrogen-bond donors (Lipinski definition) is 1. The lowest BCUT2D eigenvalue weighted by molar-refractivity contribution is 0.0939. The number of amides is 1. The van der Waals surface area contributed by atoms with Gasteiger partial charge in [0.25, 0.3) is 5.91 Å². The summed E-state index contributed by atoms with van der Waals surface area (Å²) in [6.07, 6.45) is 2.40. The van der Waals surface area contributed by atoms with E-state index < -0.39 is 0 Å². The number of nitrogens with zero attached hydrogens (tertiary/aromatic N) is 2. The highest BCUT2D eigenvalue weighted by molar-refractivity contribution is 6.06. The van der Waals surface area contributed by atoms with E-state index in [4.69, 9.17) is 4.74 Å². The van der Waals surface area contributed by atoms with E-state index in [-0.39, 0.29) is 11.9 Å². The SMILES string of the molecule is COc1ccc(C(CNC(=O)c2cc(C)nc3ccc(C)cc23)N2CCCC2)cc1. The number of nitrogens with one attached hydrogen (secondary N) is 1. The largest absolute Gasteiger partial charge is 0.497 e. The Morgan fingerprint density at radius 1 is 1.10 bits per heavy atom. The lowest BCUT2D eigenvalue weighted by Gasteiger charge is -2.28. The number of benzene rings is 2. The molecule has 0 spiro atoms. The summed E-state index contributed by atoms with van der Waals surface area (Å²) in [6, 6.07) is 16.3. The Labute approximate surface area is 178 Å². The van der Waals surface area contributed by atoms with E-state index in [1.165, 1.54) is 18.4 Å². The van der Waals surface area contributed by atoms with E-state index >= 15 is 0 Å². The summed E-state index contributed by atoms with van der Waals surface area (Å²) in [7, 11) is 1.68. The number of likely N-dealkylation sites (tertiary alicyclic amines) is 1. The van der Waals surface area contributed by atoms with Gasteiger partial charge >= 0.3 is 0 Å². The van der Waals surface area contributed by atoms with Crippen molar-refractivity contribution in [1.82, 2.24) is 15.2 Å². The highest BCUT2D eigenvalue weighted by Crippen LogP contribution is 2.27. The van der Waals surface area contributed by atoms with Crippen LogP contribution in [0.1, 0.15) is 46.1 Å². The first-order valence-electron chi connectivity index (χ1n) is 10.6. The average Bonchev–Trinajstić information content (AvgIpc) is 3.28. The molecule has 1 atom stereocenters. The van der Waals surface area contributed by atoms with Crippen LogP contribution in [0.15, 0.2) is 48.5 Å². The first-order chi connectivity index (χ1) is 14.5. The molecule has 0 saturated carbocycles. The van der Waals surface area contributed by atoms with Crippen molar-refractivity contribution in [3.8, 4) is 5.75 Å². The molecule has 3 aromatic rings. The van der Waals surface area contributed by atoms with Crippen LogP contribution in [-0.4, -0.2) is 42.5 Å². The standard InChI is InChI=1S/C25H29N3O2/c1-17-6-11-23-21(14-17)22(15-18(2)27-23)25(29)26-16-24(28-12-4-5-13-28)19-7-9-20(30-3)10-8-19/h6-11,14-15,24H,4-5,12-13,16H2,1-3H3,(H,26,29). The number of ether oxygens (including phenoxy) is 1. The molecule has 1 aliphatic rings. The van der Waals surface area contributed by atoms with Crippen molar-refractivity contribution in [2.24, 2.45) is 0 Å². The second kappa shape index (κ2) is 8.84. The first-order valence-corrected chi connectivity index (χ1v) is 10.6. The molecule has 5 heteroatoms. The molecular formula is C25H29N3O2. The quantitative estimate of drug-likeness (QED) is 0.662. The summed E-state index contributed by atoms with van der Waals surface area (Å²) in [5.41, 5.74) is 4.72. The van der Waals surface area contributed by atoms with Gasteiger partial charge in [0.1, 0.15) is 5.75 Å². The van der Waals surface area contributed by atoms with Crippen LogP contribution in [0.5, 0.6) is 5.75 Å². The predicted octanol–water partition coefficient (Wildman–Crippen LogP) is 4.43. The third-order valence-corrected chi connectivity index (χ3v) is 5.87. The van der Waals surface area contributed by atoms with Gasteiger partial charge in [-0.05, 0) is 75.7 Å². The number of aromatic nitrogens is 1. The van der Waals surface area contributed by atoms with E-state index in [9.17, 15) is 4.79 Å². The monoisotopic (exact) mass is 403 g/mol. The third-order valence-electron chi connectivity index (χ3n) is 5.87. The summed E-state index contributed by atoms with van der Waals surface area (Å²) in [6.45, 7) is 6.65. The Kier molecular flexibility index (Phi) is 6.00. The van der Waals surface area contributed by atoms with Gasteiger partial charge < -0.3 is 10.1 Å². The molecule has 0 radical (unpaired) electrons. The summed E-state index contributed by atoms with van der Waals surface area (Å²) in [4.78, 5) is 20.2. The minimum Gasteiger partial charge on any atom is -0.497 e. The maximum Gasteiger partial charge on any atom is 0.252 e. The first kappa shape index (κ1) is 20.4. The number of aryl methyl sites for hydroxylation is 2. The number of rotatable bonds is 6. The highest BCUT2D eigenvalue weighted by Gasteiger charge is 2.24. The van der Waals surface area contributed by atoms with Gasteiger partial charge in [-0.15, -0.1) is 0 Å². The van der Waals surface area contributed by atoms with Crippen LogP contribution >= 0.6 is 0 Å².